The highest BCUT2D eigenvalue weighted by molar-refractivity contribution is 5.80. The molecule has 1 fully saturated rings. The first kappa shape index (κ1) is 17.5. The summed E-state index contributed by atoms with van der Waals surface area (Å²) in [6, 6.07) is 8.73. The van der Waals surface area contributed by atoms with Gasteiger partial charge < -0.3 is 15.0 Å². The van der Waals surface area contributed by atoms with Crippen LogP contribution >= 0.6 is 0 Å². The lowest BCUT2D eigenvalue weighted by Crippen LogP contribution is -2.42. The first-order chi connectivity index (χ1) is 12.3. The molecule has 3 rings (SSSR count). The number of nitrogens with one attached hydrogen (secondary N) is 1. The molecule has 25 heavy (non-hydrogen) atoms. The van der Waals surface area contributed by atoms with Gasteiger partial charge in [-0.15, -0.1) is 0 Å². The van der Waals surface area contributed by atoms with Gasteiger partial charge >= 0.3 is 0 Å². The van der Waals surface area contributed by atoms with Gasteiger partial charge in [-0.3, -0.25) is 9.89 Å². The van der Waals surface area contributed by atoms with Gasteiger partial charge in [-0.25, -0.2) is 0 Å². The van der Waals surface area contributed by atoms with E-state index in [9.17, 15) is 0 Å². The van der Waals surface area contributed by atoms with E-state index in [1.54, 1.807) is 6.08 Å². The van der Waals surface area contributed by atoms with Gasteiger partial charge in [-0.1, -0.05) is 43.0 Å². The zero-order valence-corrected chi connectivity index (χ0v) is 15.0. The zero-order valence-electron chi connectivity index (χ0n) is 15.0. The van der Waals surface area contributed by atoms with Gasteiger partial charge in [0.25, 0.3) is 0 Å². The van der Waals surface area contributed by atoms with Gasteiger partial charge in [-0.2, -0.15) is 0 Å². The van der Waals surface area contributed by atoms with Crippen molar-refractivity contribution in [2.24, 2.45) is 4.99 Å². The van der Waals surface area contributed by atoms with E-state index < -0.39 is 0 Å². The Hall–Kier alpha value is -2.27. The summed E-state index contributed by atoms with van der Waals surface area (Å²) >= 11 is 0. The van der Waals surface area contributed by atoms with Crippen LogP contribution in [0.15, 0.2) is 54.1 Å². The average Bonchev–Trinajstić information content (AvgIpc) is 3.33. The van der Waals surface area contributed by atoms with Gasteiger partial charge in [0.05, 0.1) is 0 Å². The second kappa shape index (κ2) is 8.72. The number of nitrogens with zero attached hydrogens (tertiary/aromatic N) is 3. The molecule has 0 spiro atoms. The molecule has 2 aliphatic heterocycles. The second-order valence-corrected chi connectivity index (χ2v) is 6.42. The lowest BCUT2D eigenvalue weighted by Gasteiger charge is -2.25. The van der Waals surface area contributed by atoms with E-state index in [2.05, 4.69) is 44.9 Å². The van der Waals surface area contributed by atoms with E-state index in [4.69, 9.17) is 4.74 Å². The topological polar surface area (TPSA) is 40.1 Å². The second-order valence-electron chi connectivity index (χ2n) is 6.42. The normalized spacial score (nSPS) is 20.9. The van der Waals surface area contributed by atoms with Crippen LogP contribution in [0.25, 0.3) is 0 Å². The molecular formula is C20H28N4O. The SMILES string of the molecule is C=CCOc1ccccc1CNC(=NC)N1CCC(N2CC=CC2)C1. The summed E-state index contributed by atoms with van der Waals surface area (Å²) in [5.41, 5.74) is 1.13. The number of likely N-dealkylation sites (tertiary alicyclic amines) is 1. The highest BCUT2D eigenvalue weighted by atomic mass is 16.5. The molecule has 0 saturated carbocycles. The Balaban J connectivity index is 1.56. The number of hydrogen-bond acceptors (Lipinski definition) is 3. The summed E-state index contributed by atoms with van der Waals surface area (Å²) < 4.78 is 5.74. The predicted molar refractivity (Wildman–Crippen MR) is 103 cm³/mol. The van der Waals surface area contributed by atoms with Crippen LogP contribution in [0.1, 0.15) is 12.0 Å². The molecule has 5 nitrogen and oxygen atoms in total. The molecule has 0 aromatic heterocycles. The standard InChI is InChI=1S/C20H28N4O/c1-3-14-25-19-9-5-4-8-17(19)15-22-20(21-2)24-13-10-18(16-24)23-11-6-7-12-23/h3-9,18H,1,10-16H2,2H3,(H,21,22). The minimum Gasteiger partial charge on any atom is -0.489 e. The van der Waals surface area contributed by atoms with Crippen LogP contribution in [0, 0.1) is 0 Å². The van der Waals surface area contributed by atoms with Crippen LogP contribution in [0.3, 0.4) is 0 Å². The van der Waals surface area contributed by atoms with Crippen LogP contribution in [-0.4, -0.2) is 61.6 Å². The summed E-state index contributed by atoms with van der Waals surface area (Å²) in [4.78, 5) is 9.37. The summed E-state index contributed by atoms with van der Waals surface area (Å²) in [6.07, 6.45) is 7.48. The third kappa shape index (κ3) is 4.42. The van der Waals surface area contributed by atoms with Crippen LogP contribution < -0.4 is 10.1 Å². The Morgan fingerprint density at radius 2 is 2.16 bits per heavy atom. The monoisotopic (exact) mass is 340 g/mol. The van der Waals surface area contributed by atoms with Crippen LogP contribution in [0.4, 0.5) is 0 Å². The molecule has 1 N–H and O–H groups in total. The molecule has 5 heteroatoms. The molecule has 0 aliphatic carbocycles. The van der Waals surface area contributed by atoms with Crippen LogP contribution in [0.2, 0.25) is 0 Å². The van der Waals surface area contributed by atoms with E-state index in [0.29, 0.717) is 19.2 Å². The largest absolute Gasteiger partial charge is 0.489 e. The van der Waals surface area contributed by atoms with Crippen molar-refractivity contribution in [1.82, 2.24) is 15.1 Å². The quantitative estimate of drug-likeness (QED) is 0.490. The van der Waals surface area contributed by atoms with Crippen molar-refractivity contribution in [1.29, 1.82) is 0 Å². The Morgan fingerprint density at radius 1 is 1.36 bits per heavy atom. The fourth-order valence-corrected chi connectivity index (χ4v) is 3.47. The van der Waals surface area contributed by atoms with Gasteiger partial charge in [0.2, 0.25) is 0 Å². The van der Waals surface area contributed by atoms with Crippen LogP contribution in [0.5, 0.6) is 5.75 Å². The van der Waals surface area contributed by atoms with Crippen molar-refractivity contribution >= 4 is 5.96 Å². The molecular weight excluding hydrogens is 312 g/mol. The van der Waals surface area contributed by atoms with Crippen molar-refractivity contribution in [3.8, 4) is 5.75 Å². The van der Waals surface area contributed by atoms with Crippen molar-refractivity contribution in [2.45, 2.75) is 19.0 Å². The number of aliphatic imine (C=N–C) groups is 1. The molecule has 0 bridgehead atoms. The van der Waals surface area contributed by atoms with E-state index in [0.717, 1.165) is 43.5 Å². The fourth-order valence-electron chi connectivity index (χ4n) is 3.47. The number of hydrogen-bond donors (Lipinski definition) is 1. The smallest absolute Gasteiger partial charge is 0.193 e. The van der Waals surface area contributed by atoms with Gasteiger partial charge in [-0.05, 0) is 12.5 Å². The summed E-state index contributed by atoms with van der Waals surface area (Å²) in [5.74, 6) is 1.86. The van der Waals surface area contributed by atoms with E-state index in [1.165, 1.54) is 6.42 Å². The Labute approximate surface area is 150 Å². The number of benzene rings is 1. The van der Waals surface area contributed by atoms with Crippen LogP contribution in [-0.2, 0) is 6.54 Å². The lowest BCUT2D eigenvalue weighted by atomic mass is 10.2. The van der Waals surface area contributed by atoms with E-state index in [-0.39, 0.29) is 0 Å². The minimum atomic E-state index is 0.517. The Morgan fingerprint density at radius 3 is 2.92 bits per heavy atom. The lowest BCUT2D eigenvalue weighted by molar-refractivity contribution is 0.259. The highest BCUT2D eigenvalue weighted by Crippen LogP contribution is 2.20. The maximum atomic E-state index is 5.74. The molecule has 1 saturated heterocycles. The van der Waals surface area contributed by atoms with E-state index in [1.807, 2.05) is 25.2 Å². The first-order valence-electron chi connectivity index (χ1n) is 8.98. The zero-order chi connectivity index (χ0) is 17.5. The van der Waals surface area contributed by atoms with Gasteiger partial charge in [0.15, 0.2) is 5.96 Å². The molecule has 0 amide bonds. The van der Waals surface area contributed by atoms with Gasteiger partial charge in [0.1, 0.15) is 12.4 Å². The van der Waals surface area contributed by atoms with Gasteiger partial charge in [0, 0.05) is 51.4 Å². The number of guanidine groups is 1. The summed E-state index contributed by atoms with van der Waals surface area (Å²) in [7, 11) is 1.85. The fraction of sp³-hybridized carbons (Fsp3) is 0.450. The molecule has 2 aliphatic rings. The third-order valence-electron chi connectivity index (χ3n) is 4.80. The third-order valence-corrected chi connectivity index (χ3v) is 4.80. The molecule has 0 radical (unpaired) electrons. The molecule has 1 unspecified atom stereocenters. The number of para-hydroxylation sites is 1. The maximum absolute atomic E-state index is 5.74. The highest BCUT2D eigenvalue weighted by Gasteiger charge is 2.29. The van der Waals surface area contributed by atoms with Crippen molar-refractivity contribution in [2.75, 3.05) is 39.8 Å². The molecule has 1 aromatic carbocycles. The molecule has 1 atom stereocenters. The molecule has 134 valence electrons. The summed E-state index contributed by atoms with van der Waals surface area (Å²) in [5, 5.41) is 3.49. The number of rotatable bonds is 6. The van der Waals surface area contributed by atoms with Crippen molar-refractivity contribution in [3.63, 3.8) is 0 Å². The predicted octanol–water partition coefficient (Wildman–Crippen LogP) is 2.27. The molecule has 2 heterocycles. The van der Waals surface area contributed by atoms with Crippen molar-refractivity contribution in [3.05, 3.63) is 54.6 Å². The van der Waals surface area contributed by atoms with E-state index >= 15 is 0 Å². The minimum absolute atomic E-state index is 0.517. The first-order valence-corrected chi connectivity index (χ1v) is 8.98. The summed E-state index contributed by atoms with van der Waals surface area (Å²) in [6.45, 7) is 9.18. The molecule has 1 aromatic rings. The van der Waals surface area contributed by atoms with Crippen molar-refractivity contribution < 1.29 is 4.74 Å². The number of ether oxygens (including phenoxy) is 1. The maximum Gasteiger partial charge on any atom is 0.193 e. The average molecular weight is 340 g/mol. The Bertz CT molecular complexity index is 632. The Kier molecular flexibility index (Phi) is 6.12.